The van der Waals surface area contributed by atoms with Gasteiger partial charge in [0.05, 0.1) is 10.9 Å². The van der Waals surface area contributed by atoms with Gasteiger partial charge in [-0.15, -0.1) is 0 Å². The van der Waals surface area contributed by atoms with Gasteiger partial charge in [0, 0.05) is 25.0 Å². The summed E-state index contributed by atoms with van der Waals surface area (Å²) in [4.78, 5) is 24.7. The van der Waals surface area contributed by atoms with Gasteiger partial charge in [-0.1, -0.05) is 11.6 Å². The van der Waals surface area contributed by atoms with Gasteiger partial charge in [0.2, 0.25) is 0 Å². The topological polar surface area (TPSA) is 93.4 Å². The maximum atomic E-state index is 13.1. The fourth-order valence-electron chi connectivity index (χ4n) is 2.38. The Morgan fingerprint density at radius 3 is 2.62 bits per heavy atom. The number of amides is 1. The molecule has 0 bridgehead atoms. The first-order chi connectivity index (χ1) is 11.4. The molecule has 1 heterocycles. The summed E-state index contributed by atoms with van der Waals surface area (Å²) in [5.41, 5.74) is 0.316. The van der Waals surface area contributed by atoms with Crippen molar-refractivity contribution in [2.45, 2.75) is 12.8 Å². The van der Waals surface area contributed by atoms with Gasteiger partial charge in [0.15, 0.2) is 0 Å². The molecule has 0 radical (unpaired) electrons. The number of nitriles is 1. The summed E-state index contributed by atoms with van der Waals surface area (Å²) < 4.78 is 13.1. The zero-order chi connectivity index (χ0) is 17.7. The minimum Gasteiger partial charge on any atom is -0.481 e. The fourth-order valence-corrected chi connectivity index (χ4v) is 2.56. The molecule has 1 aliphatic rings. The Kier molecular flexibility index (Phi) is 5.77. The third-order valence-electron chi connectivity index (χ3n) is 3.79. The summed E-state index contributed by atoms with van der Waals surface area (Å²) in [5.74, 6) is -2.36. The number of likely N-dealkylation sites (tertiary alicyclic amines) is 1. The van der Waals surface area contributed by atoms with Crippen LogP contribution in [0.4, 0.5) is 10.1 Å². The predicted octanol–water partition coefficient (Wildman–Crippen LogP) is 2.62. The van der Waals surface area contributed by atoms with E-state index in [0.29, 0.717) is 18.5 Å². The first-order valence-electron chi connectivity index (χ1n) is 7.26. The van der Waals surface area contributed by atoms with Gasteiger partial charge in [0.25, 0.3) is 5.91 Å². The summed E-state index contributed by atoms with van der Waals surface area (Å²) in [6, 6.07) is 5.75. The standard InChI is InChI=1S/C16H15ClFN3O3/c17-13-7-12(1-2-14(13)18)20-9-11(8-19)15(22)21-5-3-10(4-6-21)16(23)24/h1-2,7,9-10,20H,3-6H2,(H,23,24)/b11-9-. The maximum Gasteiger partial charge on any atom is 0.306 e. The Hall–Kier alpha value is -2.59. The number of hydrogen-bond donors (Lipinski definition) is 2. The summed E-state index contributed by atoms with van der Waals surface area (Å²) in [6.07, 6.45) is 1.96. The molecule has 8 heteroatoms. The molecule has 1 fully saturated rings. The Balaban J connectivity index is 2.02. The van der Waals surface area contributed by atoms with E-state index in [2.05, 4.69) is 5.32 Å². The van der Waals surface area contributed by atoms with Crippen molar-refractivity contribution in [2.75, 3.05) is 18.4 Å². The summed E-state index contributed by atoms with van der Waals surface area (Å²) >= 11 is 5.66. The second-order valence-electron chi connectivity index (χ2n) is 5.35. The molecule has 24 heavy (non-hydrogen) atoms. The van der Waals surface area contributed by atoms with Crippen LogP contribution in [0, 0.1) is 23.1 Å². The quantitative estimate of drug-likeness (QED) is 0.642. The zero-order valence-corrected chi connectivity index (χ0v) is 13.4. The largest absolute Gasteiger partial charge is 0.481 e. The maximum absolute atomic E-state index is 13.1. The van der Waals surface area contributed by atoms with Crippen molar-refractivity contribution < 1.29 is 19.1 Å². The highest BCUT2D eigenvalue weighted by atomic mass is 35.5. The van der Waals surface area contributed by atoms with Crippen molar-refractivity contribution in [3.8, 4) is 6.07 Å². The number of carboxylic acids is 1. The average molecular weight is 352 g/mol. The fraction of sp³-hybridized carbons (Fsp3) is 0.312. The number of piperidine rings is 1. The van der Waals surface area contributed by atoms with E-state index >= 15 is 0 Å². The molecule has 1 aliphatic heterocycles. The Bertz CT molecular complexity index is 722. The number of carbonyl (C=O) groups excluding carboxylic acids is 1. The van der Waals surface area contributed by atoms with Crippen LogP contribution in [0.5, 0.6) is 0 Å². The van der Waals surface area contributed by atoms with E-state index in [-0.39, 0.29) is 23.7 Å². The van der Waals surface area contributed by atoms with Crippen LogP contribution in [0.3, 0.4) is 0 Å². The Morgan fingerprint density at radius 2 is 2.08 bits per heavy atom. The first kappa shape index (κ1) is 17.8. The third kappa shape index (κ3) is 4.24. The van der Waals surface area contributed by atoms with Crippen LogP contribution in [-0.2, 0) is 9.59 Å². The summed E-state index contributed by atoms with van der Waals surface area (Å²) in [6.45, 7) is 0.578. The molecule has 0 spiro atoms. The molecule has 0 unspecified atom stereocenters. The van der Waals surface area contributed by atoms with Crippen molar-refractivity contribution in [1.29, 1.82) is 5.26 Å². The molecule has 2 N–H and O–H groups in total. The zero-order valence-electron chi connectivity index (χ0n) is 12.6. The van der Waals surface area contributed by atoms with Crippen molar-refractivity contribution in [3.63, 3.8) is 0 Å². The van der Waals surface area contributed by atoms with Gasteiger partial charge < -0.3 is 15.3 Å². The van der Waals surface area contributed by atoms with Crippen LogP contribution in [0.15, 0.2) is 30.0 Å². The molecule has 1 aromatic carbocycles. The van der Waals surface area contributed by atoms with Gasteiger partial charge >= 0.3 is 5.97 Å². The highest BCUT2D eigenvalue weighted by molar-refractivity contribution is 6.31. The highest BCUT2D eigenvalue weighted by Gasteiger charge is 2.28. The average Bonchev–Trinajstić information content (AvgIpc) is 2.58. The van der Waals surface area contributed by atoms with Crippen LogP contribution >= 0.6 is 11.6 Å². The van der Waals surface area contributed by atoms with Crippen molar-refractivity contribution >= 4 is 29.2 Å². The number of benzene rings is 1. The van der Waals surface area contributed by atoms with Gasteiger partial charge in [0.1, 0.15) is 17.5 Å². The molecule has 0 saturated carbocycles. The number of carboxylic acid groups (broad SMARTS) is 1. The lowest BCUT2D eigenvalue weighted by atomic mass is 9.97. The van der Waals surface area contributed by atoms with E-state index in [4.69, 9.17) is 22.0 Å². The smallest absolute Gasteiger partial charge is 0.306 e. The molecule has 2 rings (SSSR count). The first-order valence-corrected chi connectivity index (χ1v) is 7.64. The third-order valence-corrected chi connectivity index (χ3v) is 4.07. The monoisotopic (exact) mass is 351 g/mol. The second kappa shape index (κ2) is 7.79. The minimum absolute atomic E-state index is 0.0750. The molecule has 126 valence electrons. The number of rotatable bonds is 4. The summed E-state index contributed by atoms with van der Waals surface area (Å²) in [5, 5.41) is 20.8. The van der Waals surface area contributed by atoms with Crippen LogP contribution in [0.1, 0.15) is 12.8 Å². The molecule has 6 nitrogen and oxygen atoms in total. The van der Waals surface area contributed by atoms with Gasteiger partial charge in [-0.05, 0) is 31.0 Å². The normalized spacial score (nSPS) is 15.7. The number of anilines is 1. The van der Waals surface area contributed by atoms with Gasteiger partial charge in [-0.25, -0.2) is 4.39 Å². The second-order valence-corrected chi connectivity index (χ2v) is 5.75. The minimum atomic E-state index is -0.868. The van der Waals surface area contributed by atoms with Gasteiger partial charge in [-0.2, -0.15) is 5.26 Å². The molecule has 1 aromatic rings. The lowest BCUT2D eigenvalue weighted by Crippen LogP contribution is -2.40. The number of hydrogen-bond acceptors (Lipinski definition) is 4. The molecular formula is C16H15ClFN3O3. The van der Waals surface area contributed by atoms with Crippen LogP contribution in [0.2, 0.25) is 5.02 Å². The molecule has 0 atom stereocenters. The van der Waals surface area contributed by atoms with Gasteiger partial charge in [-0.3, -0.25) is 9.59 Å². The van der Waals surface area contributed by atoms with Crippen molar-refractivity contribution in [3.05, 3.63) is 40.8 Å². The van der Waals surface area contributed by atoms with E-state index in [9.17, 15) is 14.0 Å². The predicted molar refractivity (Wildman–Crippen MR) is 85.7 cm³/mol. The molecule has 1 saturated heterocycles. The number of aliphatic carboxylic acids is 1. The van der Waals surface area contributed by atoms with Crippen LogP contribution in [0.25, 0.3) is 0 Å². The van der Waals surface area contributed by atoms with Crippen LogP contribution < -0.4 is 5.32 Å². The van der Waals surface area contributed by atoms with Crippen molar-refractivity contribution in [2.24, 2.45) is 5.92 Å². The lowest BCUT2D eigenvalue weighted by Gasteiger charge is -2.29. The molecule has 1 amide bonds. The van der Waals surface area contributed by atoms with Crippen LogP contribution in [-0.4, -0.2) is 35.0 Å². The molecule has 0 aliphatic carbocycles. The van der Waals surface area contributed by atoms with E-state index in [1.165, 1.54) is 29.3 Å². The van der Waals surface area contributed by atoms with E-state index in [0.717, 1.165) is 0 Å². The number of nitrogens with zero attached hydrogens (tertiary/aromatic N) is 2. The Morgan fingerprint density at radius 1 is 1.42 bits per heavy atom. The highest BCUT2D eigenvalue weighted by Crippen LogP contribution is 2.21. The van der Waals surface area contributed by atoms with E-state index in [1.54, 1.807) is 0 Å². The number of nitrogens with one attached hydrogen (secondary N) is 1. The Labute approximate surface area is 143 Å². The van der Waals surface area contributed by atoms with E-state index in [1.807, 2.05) is 6.07 Å². The number of carbonyl (C=O) groups is 2. The summed E-state index contributed by atoms with van der Waals surface area (Å²) in [7, 11) is 0. The van der Waals surface area contributed by atoms with E-state index < -0.39 is 23.6 Å². The SMILES string of the molecule is N#C/C(=C/Nc1ccc(F)c(Cl)c1)C(=O)N1CCC(C(=O)O)CC1. The lowest BCUT2D eigenvalue weighted by molar-refractivity contribution is -0.145. The molecular weight excluding hydrogens is 337 g/mol. The molecule has 0 aromatic heterocycles. The number of halogens is 2. The van der Waals surface area contributed by atoms with Crippen molar-refractivity contribution in [1.82, 2.24) is 4.90 Å².